The van der Waals surface area contributed by atoms with Crippen molar-refractivity contribution in [2.45, 2.75) is 52.7 Å². The van der Waals surface area contributed by atoms with E-state index in [0.29, 0.717) is 0 Å². The molecule has 1 saturated heterocycles. The topological polar surface area (TPSA) is 21.7 Å². The van der Waals surface area contributed by atoms with Gasteiger partial charge < -0.3 is 9.47 Å². The Kier molecular flexibility index (Phi) is 4.28. The van der Waals surface area contributed by atoms with Crippen molar-refractivity contribution in [3.8, 4) is 0 Å². The Morgan fingerprint density at radius 3 is 2.00 bits per heavy atom. The van der Waals surface area contributed by atoms with Crippen LogP contribution in [0.2, 0.25) is 0 Å². The minimum absolute atomic E-state index is 0.0646. The van der Waals surface area contributed by atoms with E-state index in [2.05, 4.69) is 46.4 Å². The second kappa shape index (κ2) is 4.87. The van der Waals surface area contributed by atoms with E-state index < -0.39 is 0 Å². The van der Waals surface area contributed by atoms with E-state index in [1.165, 1.54) is 0 Å². The first-order valence-electron chi connectivity index (χ1n) is 6.47. The van der Waals surface area contributed by atoms with Gasteiger partial charge in [0, 0.05) is 32.2 Å². The zero-order valence-electron chi connectivity index (χ0n) is 12.6. The van der Waals surface area contributed by atoms with E-state index in [0.717, 1.165) is 26.2 Å². The van der Waals surface area contributed by atoms with Crippen LogP contribution in [0, 0.1) is 5.41 Å². The molecule has 0 amide bonds. The highest BCUT2D eigenvalue weighted by Crippen LogP contribution is 2.30. The molecule has 0 aromatic rings. The van der Waals surface area contributed by atoms with E-state index in [-0.39, 0.29) is 16.6 Å². The summed E-state index contributed by atoms with van der Waals surface area (Å²) in [5, 5.41) is 0. The Labute approximate surface area is 106 Å². The van der Waals surface area contributed by atoms with Crippen molar-refractivity contribution in [2.75, 3.05) is 33.4 Å². The molecular formula is C14H29NO2. The third-order valence-electron chi connectivity index (χ3n) is 2.95. The molecular weight excluding hydrogens is 214 g/mol. The van der Waals surface area contributed by atoms with E-state index in [1.807, 2.05) is 0 Å². The molecule has 3 heteroatoms. The van der Waals surface area contributed by atoms with Crippen LogP contribution >= 0.6 is 0 Å². The van der Waals surface area contributed by atoms with E-state index in [4.69, 9.17) is 9.47 Å². The average Bonchev–Trinajstić information content (AvgIpc) is 1.94. The number of nitrogens with zero attached hydrogens (tertiary/aromatic N) is 1. The maximum Gasteiger partial charge on any atom is 0.0760 e. The molecule has 0 aliphatic carbocycles. The zero-order valence-corrected chi connectivity index (χ0v) is 12.6. The number of hydrogen-bond donors (Lipinski definition) is 0. The summed E-state index contributed by atoms with van der Waals surface area (Å²) in [4.78, 5) is 2.50. The largest absolute Gasteiger partial charge is 0.384 e. The second-order valence-electron chi connectivity index (χ2n) is 7.36. The standard InChI is InChI=1S/C14H29NO2/c1-12(2,11-16-7)8-15-9-13(3,4)17-14(5,6)10-15/h8-11H2,1-7H3. The fourth-order valence-corrected chi connectivity index (χ4v) is 3.10. The molecule has 1 rings (SSSR count). The van der Waals surface area contributed by atoms with Crippen molar-refractivity contribution in [3.63, 3.8) is 0 Å². The third-order valence-corrected chi connectivity index (χ3v) is 2.95. The number of morpholine rings is 1. The van der Waals surface area contributed by atoms with Gasteiger partial charge in [0.15, 0.2) is 0 Å². The van der Waals surface area contributed by atoms with Gasteiger partial charge in [0.25, 0.3) is 0 Å². The van der Waals surface area contributed by atoms with Crippen molar-refractivity contribution in [1.82, 2.24) is 4.90 Å². The van der Waals surface area contributed by atoms with Gasteiger partial charge in [0.2, 0.25) is 0 Å². The van der Waals surface area contributed by atoms with Crippen molar-refractivity contribution >= 4 is 0 Å². The minimum atomic E-state index is -0.0646. The van der Waals surface area contributed by atoms with Gasteiger partial charge in [0.1, 0.15) is 0 Å². The van der Waals surface area contributed by atoms with Gasteiger partial charge in [-0.25, -0.2) is 0 Å². The average molecular weight is 243 g/mol. The molecule has 0 aromatic carbocycles. The maximum absolute atomic E-state index is 6.09. The highest BCUT2D eigenvalue weighted by molar-refractivity contribution is 4.90. The predicted octanol–water partition coefficient (Wildman–Crippen LogP) is 2.55. The van der Waals surface area contributed by atoms with E-state index >= 15 is 0 Å². The fourth-order valence-electron chi connectivity index (χ4n) is 3.10. The zero-order chi connectivity index (χ0) is 13.3. The van der Waals surface area contributed by atoms with Gasteiger partial charge in [0.05, 0.1) is 17.8 Å². The smallest absolute Gasteiger partial charge is 0.0760 e. The van der Waals surface area contributed by atoms with Crippen LogP contribution in [-0.4, -0.2) is 49.5 Å². The lowest BCUT2D eigenvalue weighted by molar-refractivity contribution is -0.185. The Balaban J connectivity index is 2.65. The van der Waals surface area contributed by atoms with Crippen LogP contribution in [-0.2, 0) is 9.47 Å². The highest BCUT2D eigenvalue weighted by Gasteiger charge is 2.39. The molecule has 0 atom stereocenters. The minimum Gasteiger partial charge on any atom is -0.384 e. The number of ether oxygens (including phenoxy) is 2. The van der Waals surface area contributed by atoms with Crippen LogP contribution in [0.1, 0.15) is 41.5 Å². The lowest BCUT2D eigenvalue weighted by atomic mass is 9.91. The summed E-state index contributed by atoms with van der Waals surface area (Å²) in [6.45, 7) is 17.0. The summed E-state index contributed by atoms with van der Waals surface area (Å²) < 4.78 is 11.4. The molecule has 0 saturated carbocycles. The van der Waals surface area contributed by atoms with Crippen LogP contribution in [0.5, 0.6) is 0 Å². The predicted molar refractivity (Wildman–Crippen MR) is 71.3 cm³/mol. The fraction of sp³-hybridized carbons (Fsp3) is 1.00. The third kappa shape index (κ3) is 4.94. The van der Waals surface area contributed by atoms with E-state index in [1.54, 1.807) is 7.11 Å². The lowest BCUT2D eigenvalue weighted by Crippen LogP contribution is -2.58. The molecule has 1 aliphatic rings. The van der Waals surface area contributed by atoms with Crippen LogP contribution in [0.4, 0.5) is 0 Å². The first kappa shape index (κ1) is 14.9. The Morgan fingerprint density at radius 2 is 1.59 bits per heavy atom. The van der Waals surface area contributed by atoms with Crippen molar-refractivity contribution in [3.05, 3.63) is 0 Å². The van der Waals surface area contributed by atoms with Gasteiger partial charge in [-0.05, 0) is 27.7 Å². The molecule has 3 nitrogen and oxygen atoms in total. The quantitative estimate of drug-likeness (QED) is 0.757. The normalized spacial score (nSPS) is 24.9. The molecule has 0 aromatic heterocycles. The molecule has 0 unspecified atom stereocenters. The molecule has 17 heavy (non-hydrogen) atoms. The SMILES string of the molecule is COCC(C)(C)CN1CC(C)(C)OC(C)(C)C1. The number of hydrogen-bond acceptors (Lipinski definition) is 3. The van der Waals surface area contributed by atoms with Gasteiger partial charge in [-0.3, -0.25) is 4.90 Å². The number of methoxy groups -OCH3 is 1. The molecule has 0 spiro atoms. The van der Waals surface area contributed by atoms with Gasteiger partial charge >= 0.3 is 0 Å². The summed E-state index contributed by atoms with van der Waals surface area (Å²) in [6.07, 6.45) is 0. The molecule has 1 fully saturated rings. The Hall–Kier alpha value is -0.120. The van der Waals surface area contributed by atoms with Gasteiger partial charge in [-0.2, -0.15) is 0 Å². The Morgan fingerprint density at radius 1 is 1.12 bits per heavy atom. The van der Waals surface area contributed by atoms with Crippen LogP contribution < -0.4 is 0 Å². The molecule has 0 N–H and O–H groups in total. The first-order chi connectivity index (χ1) is 7.55. The molecule has 0 radical (unpaired) electrons. The maximum atomic E-state index is 6.09. The van der Waals surface area contributed by atoms with E-state index in [9.17, 15) is 0 Å². The second-order valence-corrected chi connectivity index (χ2v) is 7.36. The van der Waals surface area contributed by atoms with Crippen LogP contribution in [0.15, 0.2) is 0 Å². The summed E-state index contributed by atoms with van der Waals surface area (Å²) in [6, 6.07) is 0. The monoisotopic (exact) mass is 243 g/mol. The molecule has 1 aliphatic heterocycles. The van der Waals surface area contributed by atoms with Crippen LogP contribution in [0.3, 0.4) is 0 Å². The van der Waals surface area contributed by atoms with Crippen molar-refractivity contribution < 1.29 is 9.47 Å². The van der Waals surface area contributed by atoms with Crippen molar-refractivity contribution in [2.24, 2.45) is 5.41 Å². The molecule has 1 heterocycles. The molecule has 102 valence electrons. The number of rotatable bonds is 4. The van der Waals surface area contributed by atoms with Gasteiger partial charge in [-0.1, -0.05) is 13.8 Å². The summed E-state index contributed by atoms with van der Waals surface area (Å²) in [7, 11) is 1.77. The van der Waals surface area contributed by atoms with Crippen LogP contribution in [0.25, 0.3) is 0 Å². The highest BCUT2D eigenvalue weighted by atomic mass is 16.5. The van der Waals surface area contributed by atoms with Crippen molar-refractivity contribution in [1.29, 1.82) is 0 Å². The molecule has 0 bridgehead atoms. The summed E-state index contributed by atoms with van der Waals surface area (Å²) in [5.41, 5.74) is 0.0635. The lowest BCUT2D eigenvalue weighted by Gasteiger charge is -2.49. The summed E-state index contributed by atoms with van der Waals surface area (Å²) >= 11 is 0. The Bertz CT molecular complexity index is 243. The van der Waals surface area contributed by atoms with Gasteiger partial charge in [-0.15, -0.1) is 0 Å². The summed E-state index contributed by atoms with van der Waals surface area (Å²) in [5.74, 6) is 0. The first-order valence-corrected chi connectivity index (χ1v) is 6.47.